The van der Waals surface area contributed by atoms with Gasteiger partial charge in [-0.15, -0.1) is 10.2 Å². The van der Waals surface area contributed by atoms with Crippen LogP contribution in [-0.2, 0) is 16.0 Å². The molecule has 4 rings (SSSR count). The molecule has 28 heavy (non-hydrogen) atoms. The molecule has 0 radical (unpaired) electrons. The molecule has 0 fully saturated rings. The summed E-state index contributed by atoms with van der Waals surface area (Å²) in [5.41, 5.74) is 1.80. The van der Waals surface area contributed by atoms with Gasteiger partial charge in [-0.25, -0.2) is 0 Å². The Hall–Kier alpha value is -2.64. The fraction of sp³-hybridized carbons (Fsp3) is 0.200. The largest absolute Gasteiger partial charge is 0.508 e. The SMILES string of the molecule is CCn1c(SC(C2=COCO2)c2ccccc2Cl)nnc1-c1ccc(O)cc1. The number of hydrogen-bond donors (Lipinski definition) is 1. The zero-order chi connectivity index (χ0) is 19.5. The minimum absolute atomic E-state index is 0.191. The number of hydrogen-bond acceptors (Lipinski definition) is 6. The van der Waals surface area contributed by atoms with Crippen LogP contribution in [0.15, 0.2) is 65.7 Å². The summed E-state index contributed by atoms with van der Waals surface area (Å²) in [7, 11) is 0. The highest BCUT2D eigenvalue weighted by Gasteiger charge is 2.28. The third kappa shape index (κ3) is 3.68. The number of thioether (sulfide) groups is 1. The standard InChI is InChI=1S/C20H18ClN3O3S/c1-2-24-19(13-7-9-14(25)10-8-13)22-23-20(24)28-18(17-11-26-12-27-17)15-5-3-4-6-16(15)21/h3-11,18,25H,2,12H2,1H3. The number of halogens is 1. The summed E-state index contributed by atoms with van der Waals surface area (Å²) in [6.45, 7) is 2.92. The van der Waals surface area contributed by atoms with E-state index in [1.165, 1.54) is 11.8 Å². The highest BCUT2D eigenvalue weighted by atomic mass is 35.5. The first-order valence-corrected chi connectivity index (χ1v) is 10.0. The first kappa shape index (κ1) is 18.7. The van der Waals surface area contributed by atoms with E-state index in [1.54, 1.807) is 18.4 Å². The molecule has 1 unspecified atom stereocenters. The van der Waals surface area contributed by atoms with Crippen LogP contribution in [0.1, 0.15) is 17.7 Å². The highest BCUT2D eigenvalue weighted by Crippen LogP contribution is 2.44. The lowest BCUT2D eigenvalue weighted by Crippen LogP contribution is -2.05. The first-order chi connectivity index (χ1) is 13.7. The molecule has 1 N–H and O–H groups in total. The number of rotatable bonds is 6. The number of aromatic nitrogens is 3. The third-order valence-corrected chi connectivity index (χ3v) is 5.90. The molecular formula is C20H18ClN3O3S. The van der Waals surface area contributed by atoms with E-state index in [2.05, 4.69) is 10.2 Å². The van der Waals surface area contributed by atoms with Gasteiger partial charge in [-0.3, -0.25) is 0 Å². The van der Waals surface area contributed by atoms with Crippen LogP contribution in [0.4, 0.5) is 0 Å². The van der Waals surface area contributed by atoms with Gasteiger partial charge in [0.25, 0.3) is 0 Å². The van der Waals surface area contributed by atoms with Crippen LogP contribution in [-0.4, -0.2) is 26.7 Å². The molecule has 1 aliphatic heterocycles. The molecule has 2 aromatic carbocycles. The molecule has 6 nitrogen and oxygen atoms in total. The van der Waals surface area contributed by atoms with E-state index in [4.69, 9.17) is 21.1 Å². The Labute approximate surface area is 171 Å². The zero-order valence-electron chi connectivity index (χ0n) is 15.1. The number of phenols is 1. The fourth-order valence-electron chi connectivity index (χ4n) is 2.94. The monoisotopic (exact) mass is 415 g/mol. The van der Waals surface area contributed by atoms with Crippen molar-refractivity contribution >= 4 is 23.4 Å². The average molecular weight is 416 g/mol. The van der Waals surface area contributed by atoms with Gasteiger partial charge < -0.3 is 19.1 Å². The fourth-order valence-corrected chi connectivity index (χ4v) is 4.47. The van der Waals surface area contributed by atoms with Gasteiger partial charge >= 0.3 is 0 Å². The molecule has 0 saturated carbocycles. The van der Waals surface area contributed by atoms with Gasteiger partial charge in [-0.05, 0) is 42.8 Å². The van der Waals surface area contributed by atoms with Crippen molar-refractivity contribution in [3.05, 3.63) is 71.1 Å². The van der Waals surface area contributed by atoms with Crippen LogP contribution in [0.5, 0.6) is 5.75 Å². The van der Waals surface area contributed by atoms with Gasteiger partial charge in [-0.2, -0.15) is 0 Å². The van der Waals surface area contributed by atoms with Crippen molar-refractivity contribution in [3.63, 3.8) is 0 Å². The topological polar surface area (TPSA) is 69.4 Å². The van der Waals surface area contributed by atoms with Crippen LogP contribution in [0, 0.1) is 0 Å². The van der Waals surface area contributed by atoms with Gasteiger partial charge in [0.15, 0.2) is 16.7 Å². The molecule has 0 saturated heterocycles. The van der Waals surface area contributed by atoms with Gasteiger partial charge in [0.1, 0.15) is 12.0 Å². The van der Waals surface area contributed by atoms with E-state index in [0.29, 0.717) is 17.3 Å². The summed E-state index contributed by atoms with van der Waals surface area (Å²) < 4.78 is 12.9. The normalized spacial score (nSPS) is 14.3. The van der Waals surface area contributed by atoms with Crippen LogP contribution in [0.2, 0.25) is 5.02 Å². The smallest absolute Gasteiger partial charge is 0.229 e. The number of benzene rings is 2. The predicted molar refractivity (Wildman–Crippen MR) is 108 cm³/mol. The summed E-state index contributed by atoms with van der Waals surface area (Å²) in [5.74, 6) is 1.64. The number of aromatic hydroxyl groups is 1. The van der Waals surface area contributed by atoms with Crippen molar-refractivity contribution in [1.29, 1.82) is 0 Å². The minimum Gasteiger partial charge on any atom is -0.508 e. The molecule has 2 heterocycles. The van der Waals surface area contributed by atoms with E-state index in [1.807, 2.05) is 47.9 Å². The Balaban J connectivity index is 1.71. The Morgan fingerprint density at radius 3 is 2.64 bits per heavy atom. The maximum absolute atomic E-state index is 9.54. The van der Waals surface area contributed by atoms with Crippen molar-refractivity contribution in [3.8, 4) is 17.1 Å². The Kier molecular flexibility index (Phi) is 5.45. The predicted octanol–water partition coefficient (Wildman–Crippen LogP) is 5.00. The molecular weight excluding hydrogens is 398 g/mol. The Bertz CT molecular complexity index is 1000. The lowest BCUT2D eigenvalue weighted by atomic mass is 10.1. The first-order valence-electron chi connectivity index (χ1n) is 8.75. The molecule has 0 bridgehead atoms. The summed E-state index contributed by atoms with van der Waals surface area (Å²) in [6.07, 6.45) is 1.62. The Morgan fingerprint density at radius 2 is 1.96 bits per heavy atom. The van der Waals surface area contributed by atoms with E-state index in [9.17, 15) is 5.11 Å². The van der Waals surface area contributed by atoms with E-state index < -0.39 is 0 Å². The minimum atomic E-state index is -0.210. The second-order valence-electron chi connectivity index (χ2n) is 6.07. The van der Waals surface area contributed by atoms with E-state index >= 15 is 0 Å². The zero-order valence-corrected chi connectivity index (χ0v) is 16.7. The molecule has 1 atom stereocenters. The summed E-state index contributed by atoms with van der Waals surface area (Å²) in [5, 5.41) is 19.5. The summed E-state index contributed by atoms with van der Waals surface area (Å²) >= 11 is 7.96. The summed E-state index contributed by atoms with van der Waals surface area (Å²) in [4.78, 5) is 0. The molecule has 1 aromatic heterocycles. The van der Waals surface area contributed by atoms with Gasteiger partial charge in [0.2, 0.25) is 6.79 Å². The van der Waals surface area contributed by atoms with Crippen molar-refractivity contribution in [1.82, 2.24) is 14.8 Å². The van der Waals surface area contributed by atoms with Crippen molar-refractivity contribution < 1.29 is 14.6 Å². The number of nitrogens with zero attached hydrogens (tertiary/aromatic N) is 3. The molecule has 0 spiro atoms. The van der Waals surface area contributed by atoms with E-state index in [0.717, 1.165) is 22.1 Å². The van der Waals surface area contributed by atoms with Crippen LogP contribution in [0.3, 0.4) is 0 Å². The maximum atomic E-state index is 9.54. The lowest BCUT2D eigenvalue weighted by molar-refractivity contribution is 0.0787. The Morgan fingerprint density at radius 1 is 1.18 bits per heavy atom. The van der Waals surface area contributed by atoms with Crippen molar-refractivity contribution in [2.24, 2.45) is 0 Å². The molecule has 0 amide bonds. The number of ether oxygens (including phenoxy) is 2. The van der Waals surface area contributed by atoms with Crippen molar-refractivity contribution in [2.75, 3.05) is 6.79 Å². The quantitative estimate of drug-likeness (QED) is 0.571. The summed E-state index contributed by atoms with van der Waals surface area (Å²) in [6, 6.07) is 14.6. The molecule has 0 aliphatic carbocycles. The second-order valence-corrected chi connectivity index (χ2v) is 7.55. The van der Waals surface area contributed by atoms with E-state index in [-0.39, 0.29) is 17.8 Å². The van der Waals surface area contributed by atoms with Crippen LogP contribution >= 0.6 is 23.4 Å². The highest BCUT2D eigenvalue weighted by molar-refractivity contribution is 7.99. The molecule has 3 aromatic rings. The lowest BCUT2D eigenvalue weighted by Gasteiger charge is -2.18. The average Bonchev–Trinajstić information content (AvgIpc) is 3.37. The van der Waals surface area contributed by atoms with Gasteiger partial charge in [-0.1, -0.05) is 41.6 Å². The number of phenolic OH excluding ortho intramolecular Hbond substituents is 1. The van der Waals surface area contributed by atoms with Gasteiger partial charge in [0.05, 0.1) is 5.25 Å². The maximum Gasteiger partial charge on any atom is 0.229 e. The third-order valence-electron chi connectivity index (χ3n) is 4.32. The molecule has 8 heteroatoms. The molecule has 144 valence electrons. The van der Waals surface area contributed by atoms with Crippen molar-refractivity contribution in [2.45, 2.75) is 23.9 Å². The second kappa shape index (κ2) is 8.16. The molecule has 1 aliphatic rings. The van der Waals surface area contributed by atoms with Crippen LogP contribution in [0.25, 0.3) is 11.4 Å². The van der Waals surface area contributed by atoms with Gasteiger partial charge in [0, 0.05) is 17.1 Å². The van der Waals surface area contributed by atoms with Crippen LogP contribution < -0.4 is 0 Å².